The Morgan fingerprint density at radius 1 is 1.32 bits per heavy atom. The van der Waals surface area contributed by atoms with E-state index in [1.165, 1.54) is 0 Å². The summed E-state index contributed by atoms with van der Waals surface area (Å²) < 4.78 is 2.16. The number of aromatic amines is 1. The minimum absolute atomic E-state index is 0.00151. The van der Waals surface area contributed by atoms with Crippen molar-refractivity contribution in [3.63, 3.8) is 0 Å². The number of hydrogen-bond acceptors (Lipinski definition) is 3. The molecule has 0 saturated carbocycles. The van der Waals surface area contributed by atoms with Gasteiger partial charge in [0.2, 0.25) is 5.91 Å². The normalized spacial score (nSPS) is 11.8. The van der Waals surface area contributed by atoms with Gasteiger partial charge in [-0.25, -0.2) is 9.97 Å². The number of hydrogen-bond donors (Lipinski definition) is 2. The van der Waals surface area contributed by atoms with Crippen molar-refractivity contribution in [1.29, 1.82) is 0 Å². The molecule has 0 aliphatic carbocycles. The first-order chi connectivity index (χ1) is 12.0. The second-order valence-electron chi connectivity index (χ2n) is 6.78. The summed E-state index contributed by atoms with van der Waals surface area (Å²) >= 11 is 0. The first-order valence-corrected chi connectivity index (χ1v) is 8.76. The van der Waals surface area contributed by atoms with Crippen molar-refractivity contribution in [2.45, 2.75) is 52.1 Å². The van der Waals surface area contributed by atoms with Crippen molar-refractivity contribution < 1.29 is 4.79 Å². The van der Waals surface area contributed by atoms with Crippen LogP contribution in [0.25, 0.3) is 11.0 Å². The van der Waals surface area contributed by atoms with Crippen molar-refractivity contribution in [1.82, 2.24) is 24.8 Å². The minimum Gasteiger partial charge on any atom is -0.347 e. The second kappa shape index (κ2) is 7.09. The predicted molar refractivity (Wildman–Crippen MR) is 98.1 cm³/mol. The van der Waals surface area contributed by atoms with E-state index >= 15 is 0 Å². The number of carbonyl (C=O) groups excluding carboxylic acids is 1. The zero-order chi connectivity index (χ0) is 17.9. The van der Waals surface area contributed by atoms with E-state index in [2.05, 4.69) is 32.8 Å². The van der Waals surface area contributed by atoms with Gasteiger partial charge in [-0.3, -0.25) is 4.79 Å². The molecule has 6 nitrogen and oxygen atoms in total. The molecular formula is C19H25N5O. The third-order valence-electron chi connectivity index (χ3n) is 4.31. The second-order valence-corrected chi connectivity index (χ2v) is 6.78. The van der Waals surface area contributed by atoms with E-state index in [4.69, 9.17) is 4.98 Å². The number of nitrogens with one attached hydrogen (secondary N) is 2. The molecule has 6 heteroatoms. The molecule has 132 valence electrons. The van der Waals surface area contributed by atoms with E-state index in [1.807, 2.05) is 32.0 Å². The van der Waals surface area contributed by atoms with Gasteiger partial charge in [-0.05, 0) is 32.4 Å². The number of imidazole rings is 2. The molecule has 0 fully saturated rings. The Labute approximate surface area is 147 Å². The Hall–Kier alpha value is -2.63. The van der Waals surface area contributed by atoms with Gasteiger partial charge in [0.1, 0.15) is 11.6 Å². The molecule has 0 spiro atoms. The van der Waals surface area contributed by atoms with Crippen molar-refractivity contribution >= 4 is 16.9 Å². The lowest BCUT2D eigenvalue weighted by atomic mass is 10.0. The van der Waals surface area contributed by atoms with Gasteiger partial charge in [0.05, 0.1) is 16.6 Å². The summed E-state index contributed by atoms with van der Waals surface area (Å²) in [5.41, 5.74) is 1.55. The van der Waals surface area contributed by atoms with Crippen LogP contribution in [-0.2, 0) is 23.3 Å². The maximum absolute atomic E-state index is 12.5. The summed E-state index contributed by atoms with van der Waals surface area (Å²) in [5, 5.41) is 3.05. The highest BCUT2D eigenvalue weighted by molar-refractivity contribution is 5.78. The average molecular weight is 339 g/mol. The number of carbonyl (C=O) groups is 1. The van der Waals surface area contributed by atoms with Crippen LogP contribution in [0.4, 0.5) is 0 Å². The van der Waals surface area contributed by atoms with E-state index in [0.29, 0.717) is 13.0 Å². The number of benzene rings is 1. The van der Waals surface area contributed by atoms with Crippen molar-refractivity contribution in [3.05, 3.63) is 48.3 Å². The van der Waals surface area contributed by atoms with E-state index in [9.17, 15) is 4.79 Å². The standard InChI is InChI=1S/C19H25N5O/c1-4-7-16-22-14-8-5-6-9-15(14)24(16)13-10-17(25)23-19(2,3)18-20-11-12-21-18/h5-6,8-9,11-12H,4,7,10,13H2,1-3H3,(H,20,21)(H,23,25). The minimum atomic E-state index is -0.524. The lowest BCUT2D eigenvalue weighted by Gasteiger charge is -2.24. The van der Waals surface area contributed by atoms with Crippen molar-refractivity contribution in [2.24, 2.45) is 0 Å². The zero-order valence-corrected chi connectivity index (χ0v) is 15.0. The first kappa shape index (κ1) is 17.2. The largest absolute Gasteiger partial charge is 0.347 e. The molecule has 1 amide bonds. The number of amides is 1. The average Bonchev–Trinajstić information content (AvgIpc) is 3.21. The Bertz CT molecular complexity index is 848. The van der Waals surface area contributed by atoms with Crippen LogP contribution >= 0.6 is 0 Å². The molecule has 1 aromatic carbocycles. The summed E-state index contributed by atoms with van der Waals surface area (Å²) in [6.45, 7) is 6.65. The topological polar surface area (TPSA) is 75.6 Å². The van der Waals surface area contributed by atoms with Crippen molar-refractivity contribution in [3.8, 4) is 0 Å². The quantitative estimate of drug-likeness (QED) is 0.694. The van der Waals surface area contributed by atoms with Gasteiger partial charge in [0.15, 0.2) is 0 Å². The van der Waals surface area contributed by atoms with Crippen LogP contribution in [0.3, 0.4) is 0 Å². The Morgan fingerprint density at radius 3 is 2.84 bits per heavy atom. The molecule has 0 radical (unpaired) electrons. The van der Waals surface area contributed by atoms with Gasteiger partial charge in [-0.15, -0.1) is 0 Å². The summed E-state index contributed by atoms with van der Waals surface area (Å²) in [6, 6.07) is 8.08. The number of aromatic nitrogens is 4. The molecule has 3 aromatic rings. The van der Waals surface area contributed by atoms with Crippen LogP contribution in [0.1, 0.15) is 45.3 Å². The Morgan fingerprint density at radius 2 is 2.12 bits per heavy atom. The summed E-state index contributed by atoms with van der Waals surface area (Å²) in [4.78, 5) is 24.5. The molecule has 25 heavy (non-hydrogen) atoms. The number of rotatable bonds is 7. The fraction of sp³-hybridized carbons (Fsp3) is 0.421. The fourth-order valence-electron chi connectivity index (χ4n) is 3.08. The van der Waals surface area contributed by atoms with E-state index in [1.54, 1.807) is 12.4 Å². The third kappa shape index (κ3) is 3.73. The van der Waals surface area contributed by atoms with Gasteiger partial charge in [0.25, 0.3) is 0 Å². The predicted octanol–water partition coefficient (Wildman–Crippen LogP) is 3.15. The summed E-state index contributed by atoms with van der Waals surface area (Å²) in [5.74, 6) is 1.80. The zero-order valence-electron chi connectivity index (χ0n) is 15.0. The lowest BCUT2D eigenvalue weighted by Crippen LogP contribution is -2.42. The Kier molecular flexibility index (Phi) is 4.88. The molecular weight excluding hydrogens is 314 g/mol. The van der Waals surface area contributed by atoms with Gasteiger partial charge in [-0.1, -0.05) is 19.1 Å². The summed E-state index contributed by atoms with van der Waals surface area (Å²) in [6.07, 6.45) is 5.80. The maximum atomic E-state index is 12.5. The highest BCUT2D eigenvalue weighted by Gasteiger charge is 2.25. The number of fused-ring (bicyclic) bond motifs is 1. The summed E-state index contributed by atoms with van der Waals surface area (Å²) in [7, 11) is 0. The highest BCUT2D eigenvalue weighted by Crippen LogP contribution is 2.19. The molecule has 0 saturated heterocycles. The smallest absolute Gasteiger partial charge is 0.222 e. The van der Waals surface area contributed by atoms with E-state index in [-0.39, 0.29) is 5.91 Å². The molecule has 2 N–H and O–H groups in total. The molecule has 0 bridgehead atoms. The number of para-hydroxylation sites is 2. The molecule has 2 heterocycles. The number of H-pyrrole nitrogens is 1. The molecule has 3 rings (SSSR count). The number of aryl methyl sites for hydroxylation is 2. The molecule has 0 unspecified atom stereocenters. The first-order valence-electron chi connectivity index (χ1n) is 8.76. The van der Waals surface area contributed by atoms with Crippen LogP contribution in [0.5, 0.6) is 0 Å². The van der Waals surface area contributed by atoms with Gasteiger partial charge in [-0.2, -0.15) is 0 Å². The van der Waals surface area contributed by atoms with Gasteiger partial charge in [0, 0.05) is 31.8 Å². The van der Waals surface area contributed by atoms with Crippen molar-refractivity contribution in [2.75, 3.05) is 0 Å². The van der Waals surface area contributed by atoms with Crippen LogP contribution in [-0.4, -0.2) is 25.4 Å². The Balaban J connectivity index is 1.72. The van der Waals surface area contributed by atoms with E-state index < -0.39 is 5.54 Å². The fourth-order valence-corrected chi connectivity index (χ4v) is 3.08. The molecule has 0 aliphatic heterocycles. The molecule has 0 aliphatic rings. The van der Waals surface area contributed by atoms with Crippen LogP contribution in [0.2, 0.25) is 0 Å². The maximum Gasteiger partial charge on any atom is 0.222 e. The van der Waals surface area contributed by atoms with Crippen LogP contribution in [0.15, 0.2) is 36.7 Å². The van der Waals surface area contributed by atoms with Crippen LogP contribution in [0, 0.1) is 0 Å². The molecule has 2 aromatic heterocycles. The molecule has 0 atom stereocenters. The van der Waals surface area contributed by atoms with E-state index in [0.717, 1.165) is 35.5 Å². The van der Waals surface area contributed by atoms with Gasteiger partial charge < -0.3 is 14.9 Å². The monoisotopic (exact) mass is 339 g/mol. The van der Waals surface area contributed by atoms with Gasteiger partial charge >= 0.3 is 0 Å². The lowest BCUT2D eigenvalue weighted by molar-refractivity contribution is -0.123. The van der Waals surface area contributed by atoms with Crippen LogP contribution < -0.4 is 5.32 Å². The SMILES string of the molecule is CCCc1nc2ccccc2n1CCC(=O)NC(C)(C)c1ncc[nH]1. The number of nitrogens with zero attached hydrogens (tertiary/aromatic N) is 3. The third-order valence-corrected chi connectivity index (χ3v) is 4.31. The highest BCUT2D eigenvalue weighted by atomic mass is 16.1.